The summed E-state index contributed by atoms with van der Waals surface area (Å²) in [7, 11) is 0. The molecule has 0 aliphatic carbocycles. The first-order valence-electron chi connectivity index (χ1n) is 8.43. The molecule has 4 nitrogen and oxygen atoms in total. The normalized spacial score (nSPS) is 11.5. The highest BCUT2D eigenvalue weighted by molar-refractivity contribution is 14.1. The number of benzene rings is 1. The molecule has 27 heavy (non-hydrogen) atoms. The Hall–Kier alpha value is -0.800. The number of H-pyrrole nitrogens is 1. The second kappa shape index (κ2) is 9.60. The molecule has 142 valence electrons. The summed E-state index contributed by atoms with van der Waals surface area (Å²) in [5.41, 5.74) is 3.43. The fourth-order valence-corrected chi connectivity index (χ4v) is 4.51. The summed E-state index contributed by atoms with van der Waals surface area (Å²) in [5.74, 6) is 0. The van der Waals surface area contributed by atoms with Gasteiger partial charge in [-0.05, 0) is 49.7 Å². The first kappa shape index (κ1) is 20.9. The maximum Gasteiger partial charge on any atom is 0.0994 e. The number of rotatable bonds is 7. The summed E-state index contributed by atoms with van der Waals surface area (Å²) < 4.78 is 2.24. The third kappa shape index (κ3) is 5.84. The molecule has 1 N–H and O–H groups in total. The molecule has 0 atom stereocenters. The van der Waals surface area contributed by atoms with Gasteiger partial charge in [0, 0.05) is 68.2 Å². The van der Waals surface area contributed by atoms with Crippen molar-refractivity contribution in [3.05, 3.63) is 69.6 Å². The summed E-state index contributed by atoms with van der Waals surface area (Å²) >= 11 is 16.3. The van der Waals surface area contributed by atoms with Crippen molar-refractivity contribution in [2.24, 2.45) is 0 Å². The standard InChI is InChI=1S/C19H19Cl2IN4S/c1-12(2)26(22)11-18-17(7-13-3-5-23-6-4-13)19(25-24-18)27-16-9-14(20)8-15(21)10-16/h3-6,8-10,12H,7,11H2,1-2H3,(H,24,25). The van der Waals surface area contributed by atoms with Crippen molar-refractivity contribution in [1.29, 1.82) is 0 Å². The van der Waals surface area contributed by atoms with Gasteiger partial charge in [-0.25, -0.2) is 3.11 Å². The molecule has 0 aliphatic heterocycles. The van der Waals surface area contributed by atoms with Crippen LogP contribution < -0.4 is 0 Å². The van der Waals surface area contributed by atoms with Crippen LogP contribution in [0.3, 0.4) is 0 Å². The van der Waals surface area contributed by atoms with Crippen molar-refractivity contribution >= 4 is 57.8 Å². The lowest BCUT2D eigenvalue weighted by Crippen LogP contribution is -2.20. The van der Waals surface area contributed by atoms with Crippen molar-refractivity contribution in [1.82, 2.24) is 18.3 Å². The van der Waals surface area contributed by atoms with E-state index < -0.39 is 0 Å². The Morgan fingerprint density at radius 3 is 2.44 bits per heavy atom. The monoisotopic (exact) mass is 532 g/mol. The Kier molecular flexibility index (Phi) is 7.44. The second-order valence-corrected chi connectivity index (χ2v) is 9.56. The van der Waals surface area contributed by atoms with E-state index in [9.17, 15) is 0 Å². The number of hydrogen-bond acceptors (Lipinski definition) is 4. The number of aromatic amines is 1. The van der Waals surface area contributed by atoms with Gasteiger partial charge in [0.15, 0.2) is 0 Å². The lowest BCUT2D eigenvalue weighted by molar-refractivity contribution is 0.419. The van der Waals surface area contributed by atoms with Gasteiger partial charge in [-0.15, -0.1) is 0 Å². The Morgan fingerprint density at radius 1 is 1.15 bits per heavy atom. The van der Waals surface area contributed by atoms with Crippen molar-refractivity contribution in [2.45, 2.75) is 42.8 Å². The van der Waals surface area contributed by atoms with Gasteiger partial charge in [0.25, 0.3) is 0 Å². The van der Waals surface area contributed by atoms with Gasteiger partial charge in [0.05, 0.1) is 17.3 Å². The average Bonchev–Trinajstić information content (AvgIpc) is 2.96. The summed E-state index contributed by atoms with van der Waals surface area (Å²) in [6.45, 7) is 5.11. The first-order valence-corrected chi connectivity index (χ1v) is 11.0. The molecule has 8 heteroatoms. The van der Waals surface area contributed by atoms with Crippen LogP contribution in [0.5, 0.6) is 0 Å². The van der Waals surface area contributed by atoms with Gasteiger partial charge in [-0.2, -0.15) is 5.10 Å². The Labute approximate surface area is 187 Å². The number of halogens is 3. The van der Waals surface area contributed by atoms with Gasteiger partial charge in [0.1, 0.15) is 0 Å². The van der Waals surface area contributed by atoms with E-state index >= 15 is 0 Å². The van der Waals surface area contributed by atoms with E-state index in [0.717, 1.165) is 28.6 Å². The largest absolute Gasteiger partial charge is 0.271 e. The topological polar surface area (TPSA) is 44.8 Å². The number of aromatic nitrogens is 3. The van der Waals surface area contributed by atoms with E-state index in [-0.39, 0.29) is 0 Å². The molecule has 1 aromatic carbocycles. The summed E-state index contributed by atoms with van der Waals surface area (Å²) in [5, 5.41) is 10.1. The lowest BCUT2D eigenvalue weighted by atomic mass is 10.1. The number of nitrogens with one attached hydrogen (secondary N) is 1. The molecule has 0 aliphatic rings. The van der Waals surface area contributed by atoms with Gasteiger partial charge in [-0.3, -0.25) is 10.1 Å². The Balaban J connectivity index is 1.93. The van der Waals surface area contributed by atoms with Crippen LogP contribution in [0.1, 0.15) is 30.7 Å². The van der Waals surface area contributed by atoms with E-state index in [1.165, 1.54) is 11.1 Å². The zero-order chi connectivity index (χ0) is 19.4. The van der Waals surface area contributed by atoms with E-state index in [1.807, 2.05) is 36.7 Å². The van der Waals surface area contributed by atoms with Crippen LogP contribution in [0, 0.1) is 0 Å². The zero-order valence-corrected chi connectivity index (χ0v) is 19.4. The number of hydrogen-bond donors (Lipinski definition) is 1. The SMILES string of the molecule is CC(C)N(I)Cc1n[nH]c(Sc2cc(Cl)cc(Cl)c2)c1Cc1ccncc1. The van der Waals surface area contributed by atoms with E-state index in [0.29, 0.717) is 16.1 Å². The maximum atomic E-state index is 6.16. The highest BCUT2D eigenvalue weighted by atomic mass is 127. The molecule has 0 unspecified atom stereocenters. The third-order valence-electron chi connectivity index (χ3n) is 3.96. The molecule has 0 fully saturated rings. The summed E-state index contributed by atoms with van der Waals surface area (Å²) in [6, 6.07) is 10.1. The molecule has 0 spiro atoms. The van der Waals surface area contributed by atoms with Crippen LogP contribution >= 0.6 is 57.8 Å². The highest BCUT2D eigenvalue weighted by Gasteiger charge is 2.18. The molecule has 0 radical (unpaired) electrons. The fourth-order valence-electron chi connectivity index (χ4n) is 2.52. The van der Waals surface area contributed by atoms with Gasteiger partial charge >= 0.3 is 0 Å². The van der Waals surface area contributed by atoms with E-state index in [4.69, 9.17) is 23.2 Å². The van der Waals surface area contributed by atoms with Gasteiger partial charge in [0.2, 0.25) is 0 Å². The first-order chi connectivity index (χ1) is 12.9. The predicted octanol–water partition coefficient (Wildman–Crippen LogP) is 6.41. The molecule has 0 saturated heterocycles. The van der Waals surface area contributed by atoms with Crippen LogP contribution in [0.25, 0.3) is 0 Å². The molecule has 2 heterocycles. The highest BCUT2D eigenvalue weighted by Crippen LogP contribution is 2.35. The average molecular weight is 533 g/mol. The van der Waals surface area contributed by atoms with Crippen LogP contribution in [-0.2, 0) is 13.0 Å². The minimum Gasteiger partial charge on any atom is -0.271 e. The van der Waals surface area contributed by atoms with Gasteiger partial charge in [-0.1, -0.05) is 35.0 Å². The van der Waals surface area contributed by atoms with Gasteiger partial charge < -0.3 is 0 Å². The Morgan fingerprint density at radius 2 is 1.81 bits per heavy atom. The van der Waals surface area contributed by atoms with E-state index in [2.05, 4.69) is 55.0 Å². The second-order valence-electron chi connectivity index (χ2n) is 6.37. The molecule has 3 rings (SSSR count). The fraction of sp³-hybridized carbons (Fsp3) is 0.263. The van der Waals surface area contributed by atoms with Crippen LogP contribution in [0.15, 0.2) is 52.6 Å². The van der Waals surface area contributed by atoms with Crippen molar-refractivity contribution in [2.75, 3.05) is 0 Å². The van der Waals surface area contributed by atoms with Crippen molar-refractivity contribution in [3.63, 3.8) is 0 Å². The zero-order valence-electron chi connectivity index (χ0n) is 14.9. The molecular weight excluding hydrogens is 514 g/mol. The van der Waals surface area contributed by atoms with Crippen LogP contribution in [-0.4, -0.2) is 24.3 Å². The lowest BCUT2D eigenvalue weighted by Gasteiger charge is -2.18. The summed E-state index contributed by atoms with van der Waals surface area (Å²) in [6.07, 6.45) is 4.42. The minimum atomic E-state index is 0.430. The van der Waals surface area contributed by atoms with Crippen molar-refractivity contribution < 1.29 is 0 Å². The summed E-state index contributed by atoms with van der Waals surface area (Å²) in [4.78, 5) is 5.09. The Bertz CT molecular complexity index is 882. The molecule has 0 amide bonds. The third-order valence-corrected chi connectivity index (χ3v) is 6.87. The van der Waals surface area contributed by atoms with Crippen LogP contribution in [0.4, 0.5) is 0 Å². The molecular formula is C19H19Cl2IN4S. The minimum absolute atomic E-state index is 0.430. The maximum absolute atomic E-state index is 6.16. The quantitative estimate of drug-likeness (QED) is 0.282. The molecule has 0 saturated carbocycles. The molecule has 2 aromatic heterocycles. The molecule has 3 aromatic rings. The smallest absolute Gasteiger partial charge is 0.0994 e. The van der Waals surface area contributed by atoms with Crippen LogP contribution in [0.2, 0.25) is 10.0 Å². The predicted molar refractivity (Wildman–Crippen MR) is 121 cm³/mol. The molecule has 0 bridgehead atoms. The van der Waals surface area contributed by atoms with Crippen molar-refractivity contribution in [3.8, 4) is 0 Å². The number of pyridine rings is 1. The number of nitrogens with zero attached hydrogens (tertiary/aromatic N) is 3. The van der Waals surface area contributed by atoms with E-state index in [1.54, 1.807) is 17.8 Å².